The Morgan fingerprint density at radius 3 is 2.73 bits per heavy atom. The molecule has 0 aliphatic carbocycles. The molecule has 0 bridgehead atoms. The molecule has 0 aromatic carbocycles. The van der Waals surface area contributed by atoms with E-state index in [1.165, 1.54) is 12.3 Å². The third-order valence-corrected chi connectivity index (χ3v) is 1.79. The van der Waals surface area contributed by atoms with Crippen LogP contribution < -0.4 is 5.73 Å². The Hall–Kier alpha value is -1.36. The van der Waals surface area contributed by atoms with Crippen LogP contribution in [0.25, 0.3) is 6.08 Å². The first-order chi connectivity index (χ1) is 7.05. The summed E-state index contributed by atoms with van der Waals surface area (Å²) in [6, 6.07) is 0.960. The van der Waals surface area contributed by atoms with E-state index in [-0.39, 0.29) is 5.56 Å². The highest BCUT2D eigenvalue weighted by Crippen LogP contribution is 2.31. The largest absolute Gasteiger partial charge is 0.417 e. The lowest BCUT2D eigenvalue weighted by molar-refractivity contribution is -0.137. The van der Waals surface area contributed by atoms with Crippen LogP contribution in [0.3, 0.4) is 0 Å². The van der Waals surface area contributed by atoms with Crippen molar-refractivity contribution in [1.29, 1.82) is 0 Å². The maximum Gasteiger partial charge on any atom is 0.417 e. The first-order valence-electron chi connectivity index (χ1n) is 4.43. The highest BCUT2D eigenvalue weighted by atomic mass is 19.4. The highest BCUT2D eigenvalue weighted by molar-refractivity contribution is 5.53. The van der Waals surface area contributed by atoms with Crippen LogP contribution in [0.5, 0.6) is 0 Å². The lowest BCUT2D eigenvalue weighted by atomic mass is 10.1. The number of alkyl halides is 3. The minimum absolute atomic E-state index is 0.0680. The Morgan fingerprint density at radius 2 is 2.13 bits per heavy atom. The number of nitrogens with zero attached hydrogens (tertiary/aromatic N) is 1. The van der Waals surface area contributed by atoms with Crippen molar-refractivity contribution < 1.29 is 13.2 Å². The van der Waals surface area contributed by atoms with E-state index in [4.69, 9.17) is 5.73 Å². The predicted octanol–water partition coefficient (Wildman–Crippen LogP) is 2.46. The van der Waals surface area contributed by atoms with Gasteiger partial charge in [-0.2, -0.15) is 13.2 Å². The lowest BCUT2D eigenvalue weighted by Gasteiger charge is -2.08. The zero-order chi connectivity index (χ0) is 11.3. The molecule has 1 aromatic heterocycles. The molecule has 0 aliphatic heterocycles. The number of hydrogen-bond acceptors (Lipinski definition) is 2. The van der Waals surface area contributed by atoms with Gasteiger partial charge >= 0.3 is 6.18 Å². The zero-order valence-corrected chi connectivity index (χ0v) is 7.96. The van der Waals surface area contributed by atoms with Crippen molar-refractivity contribution in [2.75, 3.05) is 6.54 Å². The van der Waals surface area contributed by atoms with E-state index in [9.17, 15) is 13.2 Å². The average Bonchev–Trinajstić information content (AvgIpc) is 2.17. The quantitative estimate of drug-likeness (QED) is 0.842. The molecular weight excluding hydrogens is 205 g/mol. The van der Waals surface area contributed by atoms with Crippen LogP contribution in [0.1, 0.15) is 17.5 Å². The van der Waals surface area contributed by atoms with Crippen LogP contribution in [-0.4, -0.2) is 11.5 Å². The van der Waals surface area contributed by atoms with Gasteiger partial charge in [0, 0.05) is 18.0 Å². The molecule has 0 saturated heterocycles. The summed E-state index contributed by atoms with van der Waals surface area (Å²) in [5.74, 6) is 0. The Kier molecular flexibility index (Phi) is 3.85. The van der Waals surface area contributed by atoms with E-state index >= 15 is 0 Å². The minimum atomic E-state index is -4.34. The van der Waals surface area contributed by atoms with Gasteiger partial charge in [0.05, 0.1) is 5.56 Å². The summed E-state index contributed by atoms with van der Waals surface area (Å²) in [5.41, 5.74) is 4.62. The number of pyridine rings is 1. The molecule has 1 aromatic rings. The standard InChI is InChI=1S/C10H11F3N2/c11-10(12,13)9-4-6-15-7-8(9)3-1-2-5-14/h1,3-4,6-7H,2,5,14H2/b3-1+. The van der Waals surface area contributed by atoms with Crippen LogP contribution in [0.15, 0.2) is 24.5 Å². The fourth-order valence-electron chi connectivity index (χ4n) is 1.10. The maximum absolute atomic E-state index is 12.5. The molecular formula is C10H11F3N2. The van der Waals surface area contributed by atoms with Gasteiger partial charge in [-0.05, 0) is 19.0 Å². The van der Waals surface area contributed by atoms with E-state index in [1.807, 2.05) is 0 Å². The van der Waals surface area contributed by atoms with Gasteiger partial charge in [-0.1, -0.05) is 12.2 Å². The molecule has 0 atom stereocenters. The molecule has 0 amide bonds. The van der Waals surface area contributed by atoms with Crippen LogP contribution in [0.2, 0.25) is 0 Å². The van der Waals surface area contributed by atoms with Crippen molar-refractivity contribution >= 4 is 6.08 Å². The Bertz CT molecular complexity index is 345. The lowest BCUT2D eigenvalue weighted by Crippen LogP contribution is -2.07. The molecule has 5 heteroatoms. The van der Waals surface area contributed by atoms with Gasteiger partial charge in [0.15, 0.2) is 0 Å². The summed E-state index contributed by atoms with van der Waals surface area (Å²) in [5, 5.41) is 0. The normalized spacial score (nSPS) is 12.3. The summed E-state index contributed by atoms with van der Waals surface area (Å²) in [7, 11) is 0. The number of rotatable bonds is 3. The van der Waals surface area contributed by atoms with Gasteiger partial charge in [0.1, 0.15) is 0 Å². The van der Waals surface area contributed by atoms with E-state index in [0.717, 1.165) is 12.3 Å². The second kappa shape index (κ2) is 4.93. The summed E-state index contributed by atoms with van der Waals surface area (Å²) in [6.45, 7) is 0.415. The summed E-state index contributed by atoms with van der Waals surface area (Å²) in [6.07, 6.45) is 1.52. The summed E-state index contributed by atoms with van der Waals surface area (Å²) >= 11 is 0. The molecule has 0 saturated carbocycles. The molecule has 1 rings (SSSR count). The SMILES string of the molecule is NCC/C=C/c1cnccc1C(F)(F)F. The van der Waals surface area contributed by atoms with E-state index < -0.39 is 11.7 Å². The molecule has 15 heavy (non-hydrogen) atoms. The number of nitrogens with two attached hydrogens (primary N) is 1. The van der Waals surface area contributed by atoms with Gasteiger partial charge < -0.3 is 5.73 Å². The van der Waals surface area contributed by atoms with E-state index in [2.05, 4.69) is 4.98 Å². The molecule has 2 nitrogen and oxygen atoms in total. The highest BCUT2D eigenvalue weighted by Gasteiger charge is 2.32. The molecule has 0 aliphatic rings. The summed E-state index contributed by atoms with van der Waals surface area (Å²) in [4.78, 5) is 3.66. The third kappa shape index (κ3) is 3.36. The van der Waals surface area contributed by atoms with Crippen LogP contribution in [0.4, 0.5) is 13.2 Å². The van der Waals surface area contributed by atoms with Crippen molar-refractivity contribution in [2.24, 2.45) is 5.73 Å². The predicted molar refractivity (Wildman–Crippen MR) is 51.9 cm³/mol. The molecule has 0 radical (unpaired) electrons. The van der Waals surface area contributed by atoms with Crippen molar-refractivity contribution in [1.82, 2.24) is 4.98 Å². The number of aromatic nitrogens is 1. The minimum Gasteiger partial charge on any atom is -0.330 e. The molecule has 1 heterocycles. The van der Waals surface area contributed by atoms with Gasteiger partial charge in [-0.3, -0.25) is 4.98 Å². The van der Waals surface area contributed by atoms with Crippen LogP contribution >= 0.6 is 0 Å². The van der Waals surface area contributed by atoms with Crippen molar-refractivity contribution in [3.05, 3.63) is 35.7 Å². The second-order valence-electron chi connectivity index (χ2n) is 2.94. The number of hydrogen-bond donors (Lipinski definition) is 1. The average molecular weight is 216 g/mol. The van der Waals surface area contributed by atoms with Crippen molar-refractivity contribution in [3.63, 3.8) is 0 Å². The number of halogens is 3. The Morgan fingerprint density at radius 1 is 1.40 bits per heavy atom. The van der Waals surface area contributed by atoms with Gasteiger partial charge in [-0.25, -0.2) is 0 Å². The molecule has 0 fully saturated rings. The van der Waals surface area contributed by atoms with Crippen molar-refractivity contribution in [2.45, 2.75) is 12.6 Å². The van der Waals surface area contributed by atoms with Gasteiger partial charge in [-0.15, -0.1) is 0 Å². The fourth-order valence-corrected chi connectivity index (χ4v) is 1.10. The fraction of sp³-hybridized carbons (Fsp3) is 0.300. The molecule has 2 N–H and O–H groups in total. The second-order valence-corrected chi connectivity index (χ2v) is 2.94. The van der Waals surface area contributed by atoms with Gasteiger partial charge in [0.2, 0.25) is 0 Å². The van der Waals surface area contributed by atoms with Gasteiger partial charge in [0.25, 0.3) is 0 Å². The Balaban J connectivity index is 2.97. The van der Waals surface area contributed by atoms with Crippen LogP contribution in [0, 0.1) is 0 Å². The topological polar surface area (TPSA) is 38.9 Å². The molecule has 0 unspecified atom stereocenters. The Labute approximate surface area is 85.6 Å². The maximum atomic E-state index is 12.5. The molecule has 0 spiro atoms. The monoisotopic (exact) mass is 216 g/mol. The van der Waals surface area contributed by atoms with E-state index in [1.54, 1.807) is 6.08 Å². The zero-order valence-electron chi connectivity index (χ0n) is 7.96. The van der Waals surface area contributed by atoms with E-state index in [0.29, 0.717) is 13.0 Å². The smallest absolute Gasteiger partial charge is 0.330 e. The first-order valence-corrected chi connectivity index (χ1v) is 4.43. The van der Waals surface area contributed by atoms with Crippen LogP contribution in [-0.2, 0) is 6.18 Å². The van der Waals surface area contributed by atoms with Crippen molar-refractivity contribution in [3.8, 4) is 0 Å². The first kappa shape index (κ1) is 11.7. The summed E-state index contributed by atoms with van der Waals surface area (Å²) < 4.78 is 37.4. The third-order valence-electron chi connectivity index (χ3n) is 1.79. The molecule has 82 valence electrons.